The van der Waals surface area contributed by atoms with E-state index in [0.29, 0.717) is 24.7 Å². The minimum absolute atomic E-state index is 0.272. The third-order valence-corrected chi connectivity index (χ3v) is 7.63. The van der Waals surface area contributed by atoms with Gasteiger partial charge in [-0.05, 0) is 77.2 Å². The molecule has 0 spiro atoms. The summed E-state index contributed by atoms with van der Waals surface area (Å²) in [7, 11) is -3.30. The highest BCUT2D eigenvalue weighted by Crippen LogP contribution is 2.41. The van der Waals surface area contributed by atoms with Gasteiger partial charge in [0.25, 0.3) is 0 Å². The Hall–Kier alpha value is -3.81. The molecule has 0 saturated heterocycles. The summed E-state index contributed by atoms with van der Waals surface area (Å²) in [5.74, 6) is 2.85. The van der Waals surface area contributed by atoms with Gasteiger partial charge >= 0.3 is 0 Å². The van der Waals surface area contributed by atoms with Crippen LogP contribution in [0.5, 0.6) is 23.0 Å². The van der Waals surface area contributed by atoms with Crippen LogP contribution in [0.2, 0.25) is 0 Å². The Labute approximate surface area is 237 Å². The topological polar surface area (TPSA) is 61.8 Å². The van der Waals surface area contributed by atoms with Crippen LogP contribution in [0.1, 0.15) is 5.56 Å². The van der Waals surface area contributed by atoms with Crippen molar-refractivity contribution in [1.82, 2.24) is 0 Å². The lowest BCUT2D eigenvalue weighted by molar-refractivity contribution is 0.306. The molecule has 0 radical (unpaired) electrons. The van der Waals surface area contributed by atoms with E-state index in [1.165, 1.54) is 6.26 Å². The van der Waals surface area contributed by atoms with E-state index >= 15 is 0 Å². The number of rotatable bonds is 10. The minimum Gasteiger partial charge on any atom is -0.493 e. The molecule has 0 aliphatic rings. The van der Waals surface area contributed by atoms with Crippen LogP contribution in [-0.4, -0.2) is 26.6 Å². The molecule has 0 atom stereocenters. The van der Waals surface area contributed by atoms with Gasteiger partial charge in [-0.15, -0.1) is 0 Å². The second-order valence-corrected chi connectivity index (χ2v) is 11.8. The van der Waals surface area contributed by atoms with E-state index in [-0.39, 0.29) is 4.90 Å². The number of hydrogen-bond donors (Lipinski definition) is 0. The van der Waals surface area contributed by atoms with Crippen molar-refractivity contribution in [2.45, 2.75) is 11.5 Å². The van der Waals surface area contributed by atoms with Crippen molar-refractivity contribution in [1.29, 1.82) is 0 Å². The lowest BCUT2D eigenvalue weighted by atomic mass is 9.99. The zero-order chi connectivity index (χ0) is 27.2. The summed E-state index contributed by atoms with van der Waals surface area (Å²) < 4.78 is 42.2. The van der Waals surface area contributed by atoms with Crippen LogP contribution in [0.3, 0.4) is 0 Å². The zero-order valence-electron chi connectivity index (χ0n) is 21.3. The van der Waals surface area contributed by atoms with Gasteiger partial charge in [0, 0.05) is 22.5 Å². The number of fused-ring (bicyclic) bond motifs is 1. The van der Waals surface area contributed by atoms with E-state index in [1.807, 2.05) is 84.9 Å². The van der Waals surface area contributed by atoms with E-state index in [1.54, 1.807) is 24.3 Å². The predicted octanol–water partition coefficient (Wildman–Crippen LogP) is 8.06. The first-order valence-corrected chi connectivity index (χ1v) is 15.4. The summed E-state index contributed by atoms with van der Waals surface area (Å²) in [6, 6.07) is 34.3. The van der Waals surface area contributed by atoms with Crippen LogP contribution in [0.4, 0.5) is 0 Å². The summed E-state index contributed by atoms with van der Waals surface area (Å²) in [6.07, 6.45) is 1.20. The standard InChI is InChI=1S/C32H27BrO5S/c1-39(34,35)29-15-7-24(8-16-29)30-17-9-25-21-28(37-22-23-5-3-2-4-6-23)14-18-31(25)32(30)38-27-12-10-26(11-13-27)36-20-19-33/h2-18,21H,19-20,22H2,1H3. The number of ether oxygens (including phenoxy) is 3. The molecule has 0 heterocycles. The van der Waals surface area contributed by atoms with Crippen LogP contribution in [-0.2, 0) is 16.4 Å². The third-order valence-electron chi connectivity index (χ3n) is 6.17. The first-order chi connectivity index (χ1) is 18.9. The SMILES string of the molecule is CS(=O)(=O)c1ccc(-c2ccc3cc(OCc4ccccc4)ccc3c2Oc2ccc(OCCBr)cc2)cc1. The van der Waals surface area contributed by atoms with Crippen LogP contribution in [0, 0.1) is 0 Å². The molecule has 0 bridgehead atoms. The van der Waals surface area contributed by atoms with Crippen molar-refractivity contribution >= 4 is 36.5 Å². The number of halogens is 1. The Kier molecular flexibility index (Phi) is 8.19. The van der Waals surface area contributed by atoms with Gasteiger partial charge < -0.3 is 14.2 Å². The van der Waals surface area contributed by atoms with Crippen molar-refractivity contribution in [3.63, 3.8) is 0 Å². The van der Waals surface area contributed by atoms with Gasteiger partial charge in [0.2, 0.25) is 0 Å². The molecule has 0 N–H and O–H groups in total. The number of alkyl halides is 1. The Balaban J connectivity index is 1.51. The van der Waals surface area contributed by atoms with E-state index < -0.39 is 9.84 Å². The lowest BCUT2D eigenvalue weighted by Gasteiger charge is -2.16. The van der Waals surface area contributed by atoms with Crippen LogP contribution >= 0.6 is 15.9 Å². The largest absolute Gasteiger partial charge is 0.493 e. The van der Waals surface area contributed by atoms with Crippen molar-refractivity contribution in [2.24, 2.45) is 0 Å². The normalized spacial score (nSPS) is 11.3. The highest BCUT2D eigenvalue weighted by molar-refractivity contribution is 9.09. The number of hydrogen-bond acceptors (Lipinski definition) is 5. The summed E-state index contributed by atoms with van der Waals surface area (Å²) in [5, 5.41) is 2.62. The van der Waals surface area contributed by atoms with Crippen molar-refractivity contribution < 1.29 is 22.6 Å². The molecule has 5 aromatic rings. The molecule has 5 nitrogen and oxygen atoms in total. The van der Waals surface area contributed by atoms with Gasteiger partial charge in [-0.1, -0.05) is 64.5 Å². The van der Waals surface area contributed by atoms with Gasteiger partial charge in [0.15, 0.2) is 9.84 Å². The summed E-state index contributed by atoms with van der Waals surface area (Å²) >= 11 is 3.37. The molecule has 0 aromatic heterocycles. The van der Waals surface area contributed by atoms with Crippen molar-refractivity contribution in [3.8, 4) is 34.1 Å². The van der Waals surface area contributed by atoms with E-state index in [9.17, 15) is 8.42 Å². The average Bonchev–Trinajstić information content (AvgIpc) is 2.96. The Morgan fingerprint density at radius 2 is 1.41 bits per heavy atom. The van der Waals surface area contributed by atoms with Crippen LogP contribution in [0.15, 0.2) is 114 Å². The van der Waals surface area contributed by atoms with E-state index in [2.05, 4.69) is 15.9 Å². The fraction of sp³-hybridized carbons (Fsp3) is 0.125. The molecule has 5 aromatic carbocycles. The molecule has 198 valence electrons. The Morgan fingerprint density at radius 3 is 2.10 bits per heavy atom. The quantitative estimate of drug-likeness (QED) is 0.151. The number of benzene rings is 5. The summed E-state index contributed by atoms with van der Waals surface area (Å²) in [5.41, 5.74) is 2.79. The smallest absolute Gasteiger partial charge is 0.175 e. The second kappa shape index (κ2) is 11.9. The van der Waals surface area contributed by atoms with Gasteiger partial charge in [-0.3, -0.25) is 0 Å². The van der Waals surface area contributed by atoms with Crippen molar-refractivity contribution in [2.75, 3.05) is 18.2 Å². The predicted molar refractivity (Wildman–Crippen MR) is 159 cm³/mol. The molecule has 7 heteroatoms. The summed E-state index contributed by atoms with van der Waals surface area (Å²) in [6.45, 7) is 1.05. The maximum Gasteiger partial charge on any atom is 0.175 e. The Morgan fingerprint density at radius 1 is 0.718 bits per heavy atom. The van der Waals surface area contributed by atoms with Gasteiger partial charge in [-0.25, -0.2) is 8.42 Å². The van der Waals surface area contributed by atoms with Gasteiger partial charge in [-0.2, -0.15) is 0 Å². The van der Waals surface area contributed by atoms with E-state index in [4.69, 9.17) is 14.2 Å². The molecule has 39 heavy (non-hydrogen) atoms. The summed E-state index contributed by atoms with van der Waals surface area (Å²) in [4.78, 5) is 0.272. The maximum absolute atomic E-state index is 12.0. The van der Waals surface area contributed by atoms with E-state index in [0.717, 1.165) is 44.3 Å². The zero-order valence-corrected chi connectivity index (χ0v) is 23.7. The fourth-order valence-corrected chi connectivity index (χ4v) is 5.00. The van der Waals surface area contributed by atoms with Crippen LogP contribution < -0.4 is 14.2 Å². The average molecular weight is 604 g/mol. The minimum atomic E-state index is -3.30. The third kappa shape index (κ3) is 6.61. The molecule has 0 saturated carbocycles. The number of sulfone groups is 1. The molecule has 5 rings (SSSR count). The molecular weight excluding hydrogens is 576 g/mol. The highest BCUT2D eigenvalue weighted by atomic mass is 79.9. The molecule has 0 amide bonds. The van der Waals surface area contributed by atoms with Gasteiger partial charge in [0.1, 0.15) is 29.6 Å². The Bertz CT molecular complexity index is 1670. The molecular formula is C32H27BrO5S. The molecule has 0 aliphatic carbocycles. The lowest BCUT2D eigenvalue weighted by Crippen LogP contribution is -1.98. The monoisotopic (exact) mass is 602 g/mol. The molecule has 0 unspecified atom stereocenters. The first-order valence-electron chi connectivity index (χ1n) is 12.4. The second-order valence-electron chi connectivity index (χ2n) is 9.01. The van der Waals surface area contributed by atoms with Crippen molar-refractivity contribution in [3.05, 3.63) is 115 Å². The van der Waals surface area contributed by atoms with Crippen LogP contribution in [0.25, 0.3) is 21.9 Å². The first kappa shape index (κ1) is 26.8. The maximum atomic E-state index is 12.0. The highest BCUT2D eigenvalue weighted by Gasteiger charge is 2.15. The fourth-order valence-electron chi connectivity index (χ4n) is 4.21. The van der Waals surface area contributed by atoms with Gasteiger partial charge in [0.05, 0.1) is 11.5 Å². The molecule has 0 fully saturated rings. The molecule has 0 aliphatic heterocycles.